The van der Waals surface area contributed by atoms with Gasteiger partial charge in [0.2, 0.25) is 0 Å². The zero-order chi connectivity index (χ0) is 29.0. The smallest absolute Gasteiger partial charge is 0.149 e. The van der Waals surface area contributed by atoms with Crippen molar-refractivity contribution in [3.8, 4) is 5.75 Å². The summed E-state index contributed by atoms with van der Waals surface area (Å²) in [6, 6.07) is 47.8. The molecule has 4 nitrogen and oxygen atoms in total. The molecule has 0 aliphatic heterocycles. The van der Waals surface area contributed by atoms with Crippen LogP contribution in [-0.2, 0) is 27.3 Å². The standard InChI is InChI=1S/C37H37O4P/c1-39-33-24-22-32(23-25-33)37(41-29-31-16-8-3-9-17-31)36(26-27-40-28-30-14-6-2-7-15-30)42(38,34-18-10-4-11-19-34)35-20-12-5-13-21-35/h2-25,36-37H,26-29H2,1H3/t36-,37+/m1/s1. The second-order valence-electron chi connectivity index (χ2n) is 10.2. The Morgan fingerprint density at radius 3 is 1.57 bits per heavy atom. The van der Waals surface area contributed by atoms with Crippen molar-refractivity contribution in [3.05, 3.63) is 162 Å². The lowest BCUT2D eigenvalue weighted by atomic mass is 10.0. The Morgan fingerprint density at radius 2 is 1.07 bits per heavy atom. The number of ether oxygens (including phenoxy) is 3. The fraction of sp³-hybridized carbons (Fsp3) is 0.189. The molecular formula is C37H37O4P. The summed E-state index contributed by atoms with van der Waals surface area (Å²) in [6.45, 7) is 1.32. The van der Waals surface area contributed by atoms with Crippen molar-refractivity contribution in [2.45, 2.75) is 31.4 Å². The molecule has 0 aromatic heterocycles. The molecule has 214 valence electrons. The van der Waals surface area contributed by atoms with Gasteiger partial charge < -0.3 is 18.8 Å². The quantitative estimate of drug-likeness (QED) is 0.0995. The van der Waals surface area contributed by atoms with Crippen LogP contribution in [0.2, 0.25) is 0 Å². The van der Waals surface area contributed by atoms with E-state index in [0.717, 1.165) is 33.0 Å². The number of benzene rings is 5. The van der Waals surface area contributed by atoms with Gasteiger partial charge in [-0.3, -0.25) is 0 Å². The third-order valence-corrected chi connectivity index (χ3v) is 11.1. The Labute approximate surface area is 249 Å². The van der Waals surface area contributed by atoms with Gasteiger partial charge >= 0.3 is 0 Å². The predicted molar refractivity (Wildman–Crippen MR) is 171 cm³/mol. The zero-order valence-corrected chi connectivity index (χ0v) is 24.8. The summed E-state index contributed by atoms with van der Waals surface area (Å²) in [5.74, 6) is 0.762. The molecule has 5 aromatic carbocycles. The van der Waals surface area contributed by atoms with Gasteiger partial charge in [0.05, 0.1) is 32.1 Å². The van der Waals surface area contributed by atoms with E-state index in [4.69, 9.17) is 14.2 Å². The Morgan fingerprint density at radius 1 is 0.595 bits per heavy atom. The minimum Gasteiger partial charge on any atom is -0.497 e. The van der Waals surface area contributed by atoms with E-state index >= 15 is 4.57 Å². The van der Waals surface area contributed by atoms with Crippen LogP contribution in [0.1, 0.15) is 29.2 Å². The van der Waals surface area contributed by atoms with Crippen LogP contribution in [0.4, 0.5) is 0 Å². The van der Waals surface area contributed by atoms with Crippen molar-refractivity contribution < 1.29 is 18.8 Å². The van der Waals surface area contributed by atoms with E-state index in [1.165, 1.54) is 0 Å². The fourth-order valence-corrected chi connectivity index (χ4v) is 8.71. The predicted octanol–water partition coefficient (Wildman–Crippen LogP) is 7.94. The van der Waals surface area contributed by atoms with Crippen LogP contribution >= 0.6 is 7.14 Å². The number of methoxy groups -OCH3 is 1. The summed E-state index contributed by atoms with van der Waals surface area (Å²) in [5, 5.41) is 1.62. The van der Waals surface area contributed by atoms with Crippen LogP contribution in [0.15, 0.2) is 146 Å². The molecule has 0 fully saturated rings. The van der Waals surface area contributed by atoms with Crippen LogP contribution in [0.25, 0.3) is 0 Å². The van der Waals surface area contributed by atoms with Gasteiger partial charge in [-0.15, -0.1) is 0 Å². The second kappa shape index (κ2) is 14.8. The molecule has 0 amide bonds. The Hall–Kier alpha value is -3.95. The van der Waals surface area contributed by atoms with Gasteiger partial charge in [0.25, 0.3) is 0 Å². The minimum atomic E-state index is -3.24. The maximum Gasteiger partial charge on any atom is 0.149 e. The molecule has 0 N–H and O–H groups in total. The van der Waals surface area contributed by atoms with Crippen molar-refractivity contribution in [2.75, 3.05) is 13.7 Å². The number of hydrogen-bond donors (Lipinski definition) is 0. The molecular weight excluding hydrogens is 539 g/mol. The highest BCUT2D eigenvalue weighted by Gasteiger charge is 2.42. The van der Waals surface area contributed by atoms with Crippen molar-refractivity contribution in [2.24, 2.45) is 0 Å². The lowest BCUT2D eigenvalue weighted by Gasteiger charge is -2.35. The zero-order valence-electron chi connectivity index (χ0n) is 23.9. The van der Waals surface area contributed by atoms with E-state index in [0.29, 0.717) is 26.2 Å². The highest BCUT2D eigenvalue weighted by atomic mass is 31.2. The van der Waals surface area contributed by atoms with Crippen LogP contribution < -0.4 is 15.3 Å². The molecule has 5 rings (SSSR count). The maximum absolute atomic E-state index is 15.8. The molecule has 0 saturated carbocycles. The summed E-state index contributed by atoms with van der Waals surface area (Å²) >= 11 is 0. The maximum atomic E-state index is 15.8. The monoisotopic (exact) mass is 576 g/mol. The van der Waals surface area contributed by atoms with Crippen molar-refractivity contribution in [3.63, 3.8) is 0 Å². The summed E-state index contributed by atoms with van der Waals surface area (Å²) in [7, 11) is -1.59. The minimum absolute atomic E-state index is 0.391. The Kier molecular flexibility index (Phi) is 10.4. The largest absolute Gasteiger partial charge is 0.497 e. The average molecular weight is 577 g/mol. The van der Waals surface area contributed by atoms with Gasteiger partial charge in [-0.25, -0.2) is 0 Å². The molecule has 0 aliphatic carbocycles. The van der Waals surface area contributed by atoms with E-state index in [-0.39, 0.29) is 0 Å². The van der Waals surface area contributed by atoms with Crippen LogP contribution in [0.5, 0.6) is 5.75 Å². The van der Waals surface area contributed by atoms with Gasteiger partial charge in [-0.05, 0) is 35.2 Å². The van der Waals surface area contributed by atoms with Crippen LogP contribution in [0.3, 0.4) is 0 Å². The SMILES string of the molecule is COc1ccc([C@H](OCc2ccccc2)[C@@H](CCOCc2ccccc2)P(=O)(c2ccccc2)c2ccccc2)cc1. The normalized spacial score (nSPS) is 12.9. The molecule has 0 spiro atoms. The van der Waals surface area contributed by atoms with Gasteiger partial charge in [0, 0.05) is 17.2 Å². The molecule has 0 radical (unpaired) electrons. The highest BCUT2D eigenvalue weighted by Crippen LogP contribution is 2.55. The summed E-state index contributed by atoms with van der Waals surface area (Å²) in [4.78, 5) is 0. The third kappa shape index (κ3) is 7.27. The number of rotatable bonds is 14. The van der Waals surface area contributed by atoms with Gasteiger partial charge in [0.15, 0.2) is 0 Å². The molecule has 2 atom stereocenters. The molecule has 0 unspecified atom stereocenters. The third-order valence-electron chi connectivity index (χ3n) is 7.48. The number of hydrogen-bond acceptors (Lipinski definition) is 4. The van der Waals surface area contributed by atoms with Gasteiger partial charge in [-0.1, -0.05) is 133 Å². The lowest BCUT2D eigenvalue weighted by molar-refractivity contribution is 0.0264. The highest BCUT2D eigenvalue weighted by molar-refractivity contribution is 7.79. The van der Waals surface area contributed by atoms with Crippen LogP contribution in [0, 0.1) is 0 Å². The molecule has 0 saturated heterocycles. The van der Waals surface area contributed by atoms with Crippen molar-refractivity contribution in [1.29, 1.82) is 0 Å². The first-order valence-electron chi connectivity index (χ1n) is 14.3. The first kappa shape index (κ1) is 29.5. The van der Waals surface area contributed by atoms with Gasteiger partial charge in [-0.2, -0.15) is 0 Å². The Balaban J connectivity index is 1.57. The lowest BCUT2D eigenvalue weighted by Crippen LogP contribution is -2.33. The molecule has 5 aromatic rings. The molecule has 0 aliphatic rings. The Bertz CT molecular complexity index is 1480. The molecule has 0 heterocycles. The molecule has 5 heteroatoms. The topological polar surface area (TPSA) is 44.8 Å². The van der Waals surface area contributed by atoms with E-state index in [1.54, 1.807) is 7.11 Å². The van der Waals surface area contributed by atoms with E-state index in [9.17, 15) is 0 Å². The van der Waals surface area contributed by atoms with Crippen molar-refractivity contribution in [1.82, 2.24) is 0 Å². The van der Waals surface area contributed by atoms with Crippen LogP contribution in [-0.4, -0.2) is 19.4 Å². The van der Waals surface area contributed by atoms with E-state index in [2.05, 4.69) is 24.3 Å². The van der Waals surface area contributed by atoms with Gasteiger partial charge in [0.1, 0.15) is 12.9 Å². The van der Waals surface area contributed by atoms with E-state index < -0.39 is 18.9 Å². The second-order valence-corrected chi connectivity index (χ2v) is 13.2. The summed E-state index contributed by atoms with van der Waals surface area (Å²) < 4.78 is 34.2. The molecule has 42 heavy (non-hydrogen) atoms. The first-order chi connectivity index (χ1) is 20.7. The van der Waals surface area contributed by atoms with Crippen molar-refractivity contribution >= 4 is 17.8 Å². The first-order valence-corrected chi connectivity index (χ1v) is 16.1. The molecule has 0 bridgehead atoms. The summed E-state index contributed by atoms with van der Waals surface area (Å²) in [6.07, 6.45) is 0.0713. The summed E-state index contributed by atoms with van der Waals surface area (Å²) in [5.41, 5.74) is 2.72. The fourth-order valence-electron chi connectivity index (χ4n) is 5.31. The average Bonchev–Trinajstić information content (AvgIpc) is 3.07. The van der Waals surface area contributed by atoms with E-state index in [1.807, 2.05) is 121 Å².